The second-order valence-corrected chi connectivity index (χ2v) is 9.26. The average molecular weight is 439 g/mol. The molecule has 0 fully saturated rings. The summed E-state index contributed by atoms with van der Waals surface area (Å²) in [6, 6.07) is 0. The van der Waals surface area contributed by atoms with Crippen LogP contribution in [0.1, 0.15) is 65.7 Å². The van der Waals surface area contributed by atoms with E-state index in [2.05, 4.69) is 13.0 Å². The zero-order valence-electron chi connectivity index (χ0n) is 18.8. The van der Waals surface area contributed by atoms with Crippen molar-refractivity contribution in [1.82, 2.24) is 0 Å². The van der Waals surface area contributed by atoms with Crippen LogP contribution in [0.3, 0.4) is 0 Å². The predicted octanol–water partition coefficient (Wildman–Crippen LogP) is 2.83. The highest BCUT2D eigenvalue weighted by Gasteiger charge is 2.42. The molecular weight excluding hydrogens is 400 g/mol. The molecule has 8 atom stereocenters. The number of allylic oxidation sites excluding steroid dienone is 2. The lowest BCUT2D eigenvalue weighted by molar-refractivity contribution is -0.159. The molecule has 0 bridgehead atoms. The van der Waals surface area contributed by atoms with Gasteiger partial charge in [0.05, 0.1) is 30.7 Å². The molecule has 0 aromatic heterocycles. The Labute approximate surface area is 184 Å². The monoisotopic (exact) mass is 438 g/mol. The number of ether oxygens (including phenoxy) is 1. The summed E-state index contributed by atoms with van der Waals surface area (Å²) in [4.78, 5) is 23.3. The van der Waals surface area contributed by atoms with Gasteiger partial charge in [-0.2, -0.15) is 0 Å². The number of fused-ring (bicyclic) bond motifs is 1. The molecule has 2 rings (SSSR count). The highest BCUT2D eigenvalue weighted by molar-refractivity contribution is 5.72. The van der Waals surface area contributed by atoms with Crippen molar-refractivity contribution in [1.29, 1.82) is 0 Å². The lowest BCUT2D eigenvalue weighted by atomic mass is 9.66. The number of aliphatic hydroxyl groups is 3. The summed E-state index contributed by atoms with van der Waals surface area (Å²) in [5.41, 5.74) is 0.961. The first kappa shape index (κ1) is 25.6. The van der Waals surface area contributed by atoms with E-state index in [0.717, 1.165) is 18.4 Å². The van der Waals surface area contributed by atoms with E-state index in [1.54, 1.807) is 0 Å². The quantitative estimate of drug-likeness (QED) is 0.366. The van der Waals surface area contributed by atoms with Gasteiger partial charge in [-0.05, 0) is 43.1 Å². The fraction of sp³-hybridized carbons (Fsp3) is 0.750. The number of aliphatic hydroxyl groups excluding tert-OH is 3. The third-order valence-electron chi connectivity index (χ3n) is 6.55. The number of rotatable bonds is 11. The van der Waals surface area contributed by atoms with Crippen LogP contribution in [0.5, 0.6) is 0 Å². The van der Waals surface area contributed by atoms with Crippen LogP contribution in [0.2, 0.25) is 0 Å². The zero-order valence-corrected chi connectivity index (χ0v) is 18.8. The predicted molar refractivity (Wildman–Crippen MR) is 116 cm³/mol. The fourth-order valence-corrected chi connectivity index (χ4v) is 4.90. The highest BCUT2D eigenvalue weighted by atomic mass is 16.5. The molecule has 0 aromatic rings. The average Bonchev–Trinajstić information content (AvgIpc) is 2.66. The zero-order chi connectivity index (χ0) is 23.1. The van der Waals surface area contributed by atoms with Gasteiger partial charge in [0.25, 0.3) is 0 Å². The van der Waals surface area contributed by atoms with E-state index in [0.29, 0.717) is 19.3 Å². The van der Waals surface area contributed by atoms with E-state index >= 15 is 0 Å². The van der Waals surface area contributed by atoms with E-state index in [-0.39, 0.29) is 42.5 Å². The van der Waals surface area contributed by atoms with Crippen molar-refractivity contribution in [3.05, 3.63) is 23.8 Å². The molecule has 31 heavy (non-hydrogen) atoms. The van der Waals surface area contributed by atoms with Gasteiger partial charge in [0, 0.05) is 12.3 Å². The molecule has 0 aliphatic heterocycles. The van der Waals surface area contributed by atoms with Crippen molar-refractivity contribution in [3.63, 3.8) is 0 Å². The Kier molecular flexibility index (Phi) is 9.72. The molecule has 7 nitrogen and oxygen atoms in total. The van der Waals surface area contributed by atoms with Crippen LogP contribution in [0, 0.1) is 23.7 Å². The number of esters is 1. The summed E-state index contributed by atoms with van der Waals surface area (Å²) >= 11 is 0. The summed E-state index contributed by atoms with van der Waals surface area (Å²) in [6.45, 7) is 5.98. The number of carboxylic acids is 1. The van der Waals surface area contributed by atoms with Gasteiger partial charge in [-0.15, -0.1) is 0 Å². The van der Waals surface area contributed by atoms with Crippen LogP contribution in [0.4, 0.5) is 0 Å². The first-order chi connectivity index (χ1) is 14.6. The first-order valence-electron chi connectivity index (χ1n) is 11.5. The lowest BCUT2D eigenvalue weighted by Crippen LogP contribution is -2.43. The molecule has 0 radical (unpaired) electrons. The molecule has 7 heteroatoms. The van der Waals surface area contributed by atoms with Gasteiger partial charge in [-0.3, -0.25) is 9.59 Å². The lowest BCUT2D eigenvalue weighted by Gasteiger charge is -2.43. The van der Waals surface area contributed by atoms with Crippen molar-refractivity contribution in [3.8, 4) is 0 Å². The Morgan fingerprint density at radius 2 is 1.94 bits per heavy atom. The van der Waals surface area contributed by atoms with Crippen LogP contribution >= 0.6 is 0 Å². The normalized spacial score (nSPS) is 30.6. The number of aliphatic carboxylic acids is 1. The Balaban J connectivity index is 2.09. The van der Waals surface area contributed by atoms with Crippen molar-refractivity contribution < 1.29 is 34.8 Å². The van der Waals surface area contributed by atoms with Crippen molar-refractivity contribution in [2.75, 3.05) is 0 Å². The SMILES string of the molecule is CCC[C@H](C)C(=O)O[C@H]1C[C@H](O)C=C2C=C[C@H](C)[C@H](CC[C@H](O)C[C@H](O)CC(=O)O)[C@H]21. The van der Waals surface area contributed by atoms with Gasteiger partial charge in [0.1, 0.15) is 6.10 Å². The topological polar surface area (TPSA) is 124 Å². The minimum Gasteiger partial charge on any atom is -0.481 e. The fourth-order valence-electron chi connectivity index (χ4n) is 4.90. The summed E-state index contributed by atoms with van der Waals surface area (Å²) in [7, 11) is 0. The van der Waals surface area contributed by atoms with E-state index in [4.69, 9.17) is 9.84 Å². The van der Waals surface area contributed by atoms with Gasteiger partial charge < -0.3 is 25.2 Å². The van der Waals surface area contributed by atoms with E-state index < -0.39 is 30.4 Å². The van der Waals surface area contributed by atoms with Gasteiger partial charge >= 0.3 is 11.9 Å². The molecule has 0 unspecified atom stereocenters. The first-order valence-corrected chi connectivity index (χ1v) is 11.5. The molecule has 176 valence electrons. The molecule has 0 amide bonds. The van der Waals surface area contributed by atoms with Crippen LogP contribution < -0.4 is 0 Å². The maximum Gasteiger partial charge on any atom is 0.308 e. The smallest absolute Gasteiger partial charge is 0.308 e. The summed E-state index contributed by atoms with van der Waals surface area (Å²) in [5, 5.41) is 39.2. The van der Waals surface area contributed by atoms with Crippen molar-refractivity contribution >= 4 is 11.9 Å². The summed E-state index contributed by atoms with van der Waals surface area (Å²) < 4.78 is 5.90. The van der Waals surface area contributed by atoms with Crippen LogP contribution in [-0.2, 0) is 14.3 Å². The number of hydrogen-bond acceptors (Lipinski definition) is 6. The molecule has 4 N–H and O–H groups in total. The minimum atomic E-state index is -1.09. The van der Waals surface area contributed by atoms with E-state index in [1.807, 2.05) is 26.0 Å². The second kappa shape index (κ2) is 11.8. The highest BCUT2D eigenvalue weighted by Crippen LogP contribution is 2.44. The molecule has 0 aromatic carbocycles. The standard InChI is InChI=1S/C24H38O7/c1-4-5-15(3)24(30)31-21-12-18(26)10-16-7-6-14(2)20(23(16)21)9-8-17(25)11-19(27)13-22(28)29/h6-7,10,14-15,17-21,23,25-27H,4-5,8-9,11-13H2,1-3H3,(H,28,29)/t14-,15-,17-,18+,19-,20-,21-,23-/m0/s1. The number of carbonyl (C=O) groups is 2. The Bertz CT molecular complexity index is 671. The largest absolute Gasteiger partial charge is 0.481 e. The number of hydrogen-bond donors (Lipinski definition) is 4. The maximum absolute atomic E-state index is 12.6. The van der Waals surface area contributed by atoms with Crippen molar-refractivity contribution in [2.24, 2.45) is 23.7 Å². The van der Waals surface area contributed by atoms with Crippen LogP contribution in [0.15, 0.2) is 23.8 Å². The van der Waals surface area contributed by atoms with Gasteiger partial charge in [0.2, 0.25) is 0 Å². The van der Waals surface area contributed by atoms with Gasteiger partial charge in [0.15, 0.2) is 0 Å². The van der Waals surface area contributed by atoms with E-state index in [1.165, 1.54) is 0 Å². The third-order valence-corrected chi connectivity index (χ3v) is 6.55. The molecule has 0 heterocycles. The Hall–Kier alpha value is -1.70. The minimum absolute atomic E-state index is 0.0161. The number of carboxylic acid groups (broad SMARTS) is 1. The van der Waals surface area contributed by atoms with Crippen molar-refractivity contribution in [2.45, 2.75) is 90.1 Å². The molecule has 0 spiro atoms. The van der Waals surface area contributed by atoms with Crippen LogP contribution in [0.25, 0.3) is 0 Å². The summed E-state index contributed by atoms with van der Waals surface area (Å²) in [5.74, 6) is -1.28. The third kappa shape index (κ3) is 7.44. The van der Waals surface area contributed by atoms with Gasteiger partial charge in [-0.25, -0.2) is 0 Å². The van der Waals surface area contributed by atoms with Gasteiger partial charge in [-0.1, -0.05) is 45.4 Å². The number of carbonyl (C=O) groups excluding carboxylic acids is 1. The van der Waals surface area contributed by atoms with Crippen LogP contribution in [-0.4, -0.2) is 56.8 Å². The molecule has 2 aliphatic carbocycles. The Morgan fingerprint density at radius 3 is 2.58 bits per heavy atom. The molecular formula is C24H38O7. The molecule has 0 saturated heterocycles. The summed E-state index contributed by atoms with van der Waals surface area (Å²) in [6.07, 6.45) is 5.62. The molecule has 0 saturated carbocycles. The maximum atomic E-state index is 12.6. The Morgan fingerprint density at radius 1 is 1.23 bits per heavy atom. The van der Waals surface area contributed by atoms with E-state index in [9.17, 15) is 24.9 Å². The molecule has 2 aliphatic rings. The second-order valence-electron chi connectivity index (χ2n) is 9.26.